The van der Waals surface area contributed by atoms with Gasteiger partial charge in [-0.3, -0.25) is 14.6 Å². The highest BCUT2D eigenvalue weighted by Gasteiger charge is 2.33. The van der Waals surface area contributed by atoms with E-state index in [0.717, 1.165) is 5.56 Å². The van der Waals surface area contributed by atoms with Crippen LogP contribution in [0, 0.1) is 18.7 Å². The van der Waals surface area contributed by atoms with Crippen molar-refractivity contribution >= 4 is 11.8 Å². The Kier molecular flexibility index (Phi) is 6.30. The second-order valence-electron chi connectivity index (χ2n) is 8.05. The lowest BCUT2D eigenvalue weighted by molar-refractivity contribution is -0.137. The first kappa shape index (κ1) is 21.7. The Morgan fingerprint density at radius 3 is 2.47 bits per heavy atom. The molecule has 0 bridgehead atoms. The number of carbonyl (C=O) groups excluding carboxylic acids is 2. The number of benzene rings is 1. The summed E-state index contributed by atoms with van der Waals surface area (Å²) in [5, 5.41) is 3.79. The van der Waals surface area contributed by atoms with Crippen LogP contribution in [0.2, 0.25) is 0 Å². The normalized spacial score (nSPS) is 15.4. The van der Waals surface area contributed by atoms with E-state index in [4.69, 9.17) is 4.52 Å². The van der Waals surface area contributed by atoms with Crippen molar-refractivity contribution in [3.8, 4) is 0 Å². The molecule has 0 N–H and O–H groups in total. The van der Waals surface area contributed by atoms with Gasteiger partial charge >= 0.3 is 0 Å². The minimum atomic E-state index is -0.429. The number of halogens is 1. The molecule has 0 radical (unpaired) electrons. The van der Waals surface area contributed by atoms with Gasteiger partial charge in [0.05, 0.1) is 11.7 Å². The van der Waals surface area contributed by atoms with Crippen molar-refractivity contribution in [1.82, 2.24) is 19.9 Å². The van der Waals surface area contributed by atoms with E-state index >= 15 is 0 Å². The van der Waals surface area contributed by atoms with Crippen molar-refractivity contribution in [2.45, 2.75) is 25.8 Å². The maximum absolute atomic E-state index is 13.5. The number of amides is 2. The molecule has 1 atom stereocenters. The quantitative estimate of drug-likeness (QED) is 0.610. The predicted octanol–water partition coefficient (Wildman–Crippen LogP) is 3.62. The second kappa shape index (κ2) is 9.30. The summed E-state index contributed by atoms with van der Waals surface area (Å²) in [6.45, 7) is 2.68. The van der Waals surface area contributed by atoms with Crippen LogP contribution in [0.1, 0.15) is 46.4 Å². The van der Waals surface area contributed by atoms with Crippen molar-refractivity contribution < 1.29 is 18.5 Å². The van der Waals surface area contributed by atoms with Crippen LogP contribution in [0.25, 0.3) is 0 Å². The summed E-state index contributed by atoms with van der Waals surface area (Å²) >= 11 is 0. The SMILES string of the molecule is Cc1cc(C(=O)N2CCC(C(=O)N(C)C(c3ccc(F)cc3)c3ccccn3)CC2)no1. The maximum Gasteiger partial charge on any atom is 0.276 e. The number of piperidine rings is 1. The first-order valence-corrected chi connectivity index (χ1v) is 10.6. The Morgan fingerprint density at radius 2 is 1.88 bits per heavy atom. The first-order chi connectivity index (χ1) is 15.4. The Balaban J connectivity index is 1.47. The highest BCUT2D eigenvalue weighted by molar-refractivity contribution is 5.92. The van der Waals surface area contributed by atoms with Crippen LogP contribution in [-0.4, -0.2) is 51.9 Å². The topological polar surface area (TPSA) is 79.5 Å². The van der Waals surface area contributed by atoms with E-state index in [0.29, 0.717) is 37.4 Å². The number of likely N-dealkylation sites (tertiary alicyclic amines) is 1. The third-order valence-electron chi connectivity index (χ3n) is 5.87. The summed E-state index contributed by atoms with van der Waals surface area (Å²) in [7, 11) is 1.75. The smallest absolute Gasteiger partial charge is 0.276 e. The van der Waals surface area contributed by atoms with E-state index in [1.807, 2.05) is 18.2 Å². The number of aryl methyl sites for hydroxylation is 1. The average Bonchev–Trinajstić information content (AvgIpc) is 3.26. The van der Waals surface area contributed by atoms with Gasteiger partial charge in [-0.05, 0) is 49.6 Å². The van der Waals surface area contributed by atoms with Gasteiger partial charge in [0, 0.05) is 38.3 Å². The van der Waals surface area contributed by atoms with E-state index in [1.54, 1.807) is 48.2 Å². The highest BCUT2D eigenvalue weighted by Crippen LogP contribution is 2.30. The molecule has 7 nitrogen and oxygen atoms in total. The van der Waals surface area contributed by atoms with Gasteiger partial charge in [0.2, 0.25) is 5.91 Å². The van der Waals surface area contributed by atoms with Crippen molar-refractivity contribution in [3.63, 3.8) is 0 Å². The van der Waals surface area contributed by atoms with Gasteiger partial charge in [0.15, 0.2) is 5.69 Å². The Bertz CT molecular complexity index is 1080. The second-order valence-corrected chi connectivity index (χ2v) is 8.05. The molecule has 2 aromatic heterocycles. The van der Waals surface area contributed by atoms with Crippen LogP contribution in [0.4, 0.5) is 4.39 Å². The van der Waals surface area contributed by atoms with Crippen LogP contribution < -0.4 is 0 Å². The molecule has 1 aliphatic heterocycles. The maximum atomic E-state index is 13.5. The molecule has 0 spiro atoms. The number of carbonyl (C=O) groups is 2. The Hall–Kier alpha value is -3.55. The fourth-order valence-electron chi connectivity index (χ4n) is 4.15. The lowest BCUT2D eigenvalue weighted by Gasteiger charge is -2.35. The van der Waals surface area contributed by atoms with Crippen LogP contribution in [0.3, 0.4) is 0 Å². The van der Waals surface area contributed by atoms with Gasteiger partial charge in [-0.15, -0.1) is 0 Å². The molecule has 8 heteroatoms. The molecule has 32 heavy (non-hydrogen) atoms. The predicted molar refractivity (Wildman–Crippen MR) is 115 cm³/mol. The van der Waals surface area contributed by atoms with Crippen molar-refractivity contribution in [3.05, 3.63) is 83.3 Å². The first-order valence-electron chi connectivity index (χ1n) is 10.6. The highest BCUT2D eigenvalue weighted by atomic mass is 19.1. The van der Waals surface area contributed by atoms with Gasteiger partial charge in [-0.1, -0.05) is 23.4 Å². The molecule has 0 saturated carbocycles. The zero-order valence-electron chi connectivity index (χ0n) is 18.1. The van der Waals surface area contributed by atoms with Gasteiger partial charge in [0.1, 0.15) is 11.6 Å². The molecule has 3 heterocycles. The van der Waals surface area contributed by atoms with Crippen LogP contribution in [-0.2, 0) is 4.79 Å². The van der Waals surface area contributed by atoms with Crippen LogP contribution >= 0.6 is 0 Å². The minimum absolute atomic E-state index is 0.0191. The molecular formula is C24H25FN4O3. The number of hydrogen-bond acceptors (Lipinski definition) is 5. The Morgan fingerprint density at radius 1 is 1.16 bits per heavy atom. The number of nitrogens with zero attached hydrogens (tertiary/aromatic N) is 4. The third kappa shape index (κ3) is 4.54. The molecule has 2 amide bonds. The number of pyridine rings is 1. The van der Waals surface area contributed by atoms with E-state index in [-0.39, 0.29) is 29.2 Å². The molecule has 1 aromatic carbocycles. The summed E-state index contributed by atoms with van der Waals surface area (Å²) in [6, 6.07) is 12.9. The zero-order chi connectivity index (χ0) is 22.7. The monoisotopic (exact) mass is 436 g/mol. The van der Waals surface area contributed by atoms with E-state index in [9.17, 15) is 14.0 Å². The molecule has 4 rings (SSSR count). The van der Waals surface area contributed by atoms with E-state index < -0.39 is 6.04 Å². The summed E-state index contributed by atoms with van der Waals surface area (Å²) < 4.78 is 18.5. The van der Waals surface area contributed by atoms with Crippen molar-refractivity contribution in [1.29, 1.82) is 0 Å². The van der Waals surface area contributed by atoms with Crippen LogP contribution in [0.15, 0.2) is 59.3 Å². The molecule has 3 aromatic rings. The fourth-order valence-corrected chi connectivity index (χ4v) is 4.15. The molecule has 166 valence electrons. The molecule has 1 aliphatic rings. The Labute approximate surface area is 185 Å². The fraction of sp³-hybridized carbons (Fsp3) is 0.333. The number of aromatic nitrogens is 2. The standard InChI is InChI=1S/C24H25FN4O3/c1-16-15-21(27-32-16)24(31)29-13-10-18(11-14-29)23(30)28(2)22(20-5-3-4-12-26-20)17-6-8-19(25)9-7-17/h3-9,12,15,18,22H,10-11,13-14H2,1-2H3. The molecule has 1 saturated heterocycles. The van der Waals surface area contributed by atoms with Crippen molar-refractivity contribution in [2.24, 2.45) is 5.92 Å². The van der Waals surface area contributed by atoms with E-state index in [1.165, 1.54) is 12.1 Å². The average molecular weight is 436 g/mol. The molecule has 1 fully saturated rings. The van der Waals surface area contributed by atoms with Crippen LogP contribution in [0.5, 0.6) is 0 Å². The number of rotatable bonds is 5. The molecular weight excluding hydrogens is 411 g/mol. The molecule has 1 unspecified atom stereocenters. The third-order valence-corrected chi connectivity index (χ3v) is 5.87. The number of hydrogen-bond donors (Lipinski definition) is 0. The summed E-state index contributed by atoms with van der Waals surface area (Å²) in [5.41, 5.74) is 1.79. The van der Waals surface area contributed by atoms with Gasteiger partial charge in [0.25, 0.3) is 5.91 Å². The lowest BCUT2D eigenvalue weighted by atomic mass is 9.93. The zero-order valence-corrected chi connectivity index (χ0v) is 18.1. The van der Waals surface area contributed by atoms with E-state index in [2.05, 4.69) is 10.1 Å². The van der Waals surface area contributed by atoms with Gasteiger partial charge in [-0.25, -0.2) is 4.39 Å². The van der Waals surface area contributed by atoms with Crippen molar-refractivity contribution in [2.75, 3.05) is 20.1 Å². The lowest BCUT2D eigenvalue weighted by Crippen LogP contribution is -2.44. The summed E-state index contributed by atoms with van der Waals surface area (Å²) in [4.78, 5) is 33.8. The largest absolute Gasteiger partial charge is 0.361 e. The minimum Gasteiger partial charge on any atom is -0.361 e. The van der Waals surface area contributed by atoms with Gasteiger partial charge < -0.3 is 14.3 Å². The molecule has 0 aliphatic carbocycles. The summed E-state index contributed by atoms with van der Waals surface area (Å²) in [5.74, 6) is -0.161. The summed E-state index contributed by atoms with van der Waals surface area (Å²) in [6.07, 6.45) is 2.80. The van der Waals surface area contributed by atoms with Gasteiger partial charge in [-0.2, -0.15) is 0 Å².